The van der Waals surface area contributed by atoms with Crippen LogP contribution in [-0.4, -0.2) is 89.4 Å². The summed E-state index contributed by atoms with van der Waals surface area (Å²) < 4.78 is 12.7. The molecule has 3 aromatic rings. The van der Waals surface area contributed by atoms with Gasteiger partial charge in [0, 0.05) is 43.4 Å². The number of carbonyl (C=O) groups excluding carboxylic acids is 2. The molecule has 10 heteroatoms. The molecule has 47 heavy (non-hydrogen) atoms. The van der Waals surface area contributed by atoms with E-state index in [0.717, 1.165) is 24.8 Å². The van der Waals surface area contributed by atoms with Gasteiger partial charge in [-0.3, -0.25) is 14.5 Å². The number of fused-ring (bicyclic) bond motifs is 1. The van der Waals surface area contributed by atoms with Gasteiger partial charge in [-0.2, -0.15) is 0 Å². The summed E-state index contributed by atoms with van der Waals surface area (Å²) in [7, 11) is 1.99. The molecule has 0 fully saturated rings. The Labute approximate surface area is 277 Å². The standard InChI is InChI=1S/C37H47N3O7/c1-25-21-40(26(2)24-41)36(43)32-20-31(38-35(42)29-11-6-5-7-12-29)17-18-33(32)47-27(3)10-8-9-19-46-34(25)23-39(4)22-28-13-15-30(16-14-28)37(44)45/h5-7,11-18,20,25-27,34,41H,8-10,19,21-24H2,1-4H3,(H,38,42)(H,44,45)/t25-,26+,27+,34+/m1/s1. The highest BCUT2D eigenvalue weighted by Crippen LogP contribution is 2.29. The number of aliphatic hydroxyl groups is 1. The van der Waals surface area contributed by atoms with Crippen molar-refractivity contribution in [2.24, 2.45) is 5.92 Å². The minimum absolute atomic E-state index is 0.100. The predicted molar refractivity (Wildman–Crippen MR) is 181 cm³/mol. The number of ether oxygens (including phenoxy) is 2. The molecule has 4 atom stereocenters. The van der Waals surface area contributed by atoms with Crippen LogP contribution in [0.5, 0.6) is 5.75 Å². The molecule has 0 aromatic heterocycles. The molecule has 0 saturated carbocycles. The molecular weight excluding hydrogens is 598 g/mol. The monoisotopic (exact) mass is 645 g/mol. The van der Waals surface area contributed by atoms with Crippen molar-refractivity contribution in [3.8, 4) is 5.75 Å². The number of amides is 2. The highest BCUT2D eigenvalue weighted by molar-refractivity contribution is 6.05. The van der Waals surface area contributed by atoms with E-state index < -0.39 is 12.0 Å². The zero-order valence-electron chi connectivity index (χ0n) is 27.7. The van der Waals surface area contributed by atoms with E-state index in [1.54, 1.807) is 66.4 Å². The number of aromatic carboxylic acids is 1. The summed E-state index contributed by atoms with van der Waals surface area (Å²) in [5.74, 6) is -1.22. The van der Waals surface area contributed by atoms with Crippen LogP contribution >= 0.6 is 0 Å². The van der Waals surface area contributed by atoms with Crippen LogP contribution in [0.1, 0.15) is 76.7 Å². The zero-order chi connectivity index (χ0) is 33.9. The van der Waals surface area contributed by atoms with Gasteiger partial charge in [0.2, 0.25) is 0 Å². The highest BCUT2D eigenvalue weighted by atomic mass is 16.5. The van der Waals surface area contributed by atoms with Gasteiger partial charge in [-0.15, -0.1) is 0 Å². The van der Waals surface area contributed by atoms with Crippen molar-refractivity contribution in [1.29, 1.82) is 0 Å². The molecule has 0 saturated heterocycles. The number of carboxylic acid groups (broad SMARTS) is 1. The molecule has 252 valence electrons. The maximum absolute atomic E-state index is 14.3. The molecule has 0 radical (unpaired) electrons. The van der Waals surface area contributed by atoms with Crippen molar-refractivity contribution in [2.45, 2.75) is 64.8 Å². The lowest BCUT2D eigenvalue weighted by molar-refractivity contribution is -0.0177. The number of carboxylic acids is 1. The lowest BCUT2D eigenvalue weighted by Crippen LogP contribution is -2.47. The van der Waals surface area contributed by atoms with Crippen LogP contribution in [0.25, 0.3) is 0 Å². The molecule has 2 amide bonds. The minimum Gasteiger partial charge on any atom is -0.490 e. The highest BCUT2D eigenvalue weighted by Gasteiger charge is 2.30. The Kier molecular flexibility index (Phi) is 12.9. The van der Waals surface area contributed by atoms with E-state index in [1.165, 1.54) is 0 Å². The Morgan fingerprint density at radius 2 is 1.74 bits per heavy atom. The van der Waals surface area contributed by atoms with E-state index in [2.05, 4.69) is 10.2 Å². The van der Waals surface area contributed by atoms with Gasteiger partial charge in [0.1, 0.15) is 5.75 Å². The smallest absolute Gasteiger partial charge is 0.335 e. The molecule has 0 unspecified atom stereocenters. The van der Waals surface area contributed by atoms with Crippen LogP contribution in [0.4, 0.5) is 5.69 Å². The zero-order valence-corrected chi connectivity index (χ0v) is 27.7. The molecule has 0 aliphatic carbocycles. The first kappa shape index (κ1) is 35.6. The summed E-state index contributed by atoms with van der Waals surface area (Å²) in [6.07, 6.45) is 2.13. The second kappa shape index (κ2) is 17.1. The van der Waals surface area contributed by atoms with Crippen molar-refractivity contribution in [2.75, 3.05) is 38.7 Å². The molecule has 0 spiro atoms. The number of aliphatic hydroxyl groups excluding tert-OH is 1. The fourth-order valence-corrected chi connectivity index (χ4v) is 5.69. The normalized spacial score (nSPS) is 20.1. The first-order valence-electron chi connectivity index (χ1n) is 16.3. The predicted octanol–water partition coefficient (Wildman–Crippen LogP) is 5.56. The molecule has 0 bridgehead atoms. The van der Waals surface area contributed by atoms with Crippen LogP contribution in [0.2, 0.25) is 0 Å². The van der Waals surface area contributed by atoms with Crippen LogP contribution in [0.15, 0.2) is 72.8 Å². The second-order valence-electron chi connectivity index (χ2n) is 12.5. The average molecular weight is 646 g/mol. The van der Waals surface area contributed by atoms with E-state index >= 15 is 0 Å². The SMILES string of the molecule is C[C@@H]1CN([C@@H](C)CO)C(=O)c2cc(NC(=O)c3ccccc3)ccc2O[C@@H](C)CCCCO[C@H]1CN(C)Cc1ccc(C(=O)O)cc1. The maximum atomic E-state index is 14.3. The Balaban J connectivity index is 1.59. The molecular formula is C37H47N3O7. The van der Waals surface area contributed by atoms with Crippen molar-refractivity contribution < 1.29 is 34.1 Å². The lowest BCUT2D eigenvalue weighted by Gasteiger charge is -2.36. The van der Waals surface area contributed by atoms with E-state index in [1.807, 2.05) is 39.1 Å². The summed E-state index contributed by atoms with van der Waals surface area (Å²) in [6, 6.07) is 20.3. The molecule has 10 nitrogen and oxygen atoms in total. The number of rotatable bonds is 9. The van der Waals surface area contributed by atoms with E-state index in [4.69, 9.17) is 9.47 Å². The van der Waals surface area contributed by atoms with Crippen LogP contribution in [0, 0.1) is 5.92 Å². The Morgan fingerprint density at radius 3 is 2.43 bits per heavy atom. The number of benzene rings is 3. The topological polar surface area (TPSA) is 129 Å². The summed E-state index contributed by atoms with van der Waals surface area (Å²) in [5.41, 5.74) is 2.51. The van der Waals surface area contributed by atoms with Gasteiger partial charge in [-0.05, 0) is 88.2 Å². The molecule has 1 aliphatic rings. The van der Waals surface area contributed by atoms with Gasteiger partial charge in [0.25, 0.3) is 11.8 Å². The molecule has 3 N–H and O–H groups in total. The van der Waals surface area contributed by atoms with Gasteiger partial charge < -0.3 is 29.9 Å². The molecule has 1 aliphatic heterocycles. The van der Waals surface area contributed by atoms with E-state index in [-0.39, 0.29) is 42.1 Å². The summed E-state index contributed by atoms with van der Waals surface area (Å²) >= 11 is 0. The van der Waals surface area contributed by atoms with Crippen molar-refractivity contribution >= 4 is 23.5 Å². The number of anilines is 1. The number of nitrogens with zero attached hydrogens (tertiary/aromatic N) is 2. The largest absolute Gasteiger partial charge is 0.490 e. The number of likely N-dealkylation sites (N-methyl/N-ethyl adjacent to an activating group) is 1. The second-order valence-corrected chi connectivity index (χ2v) is 12.5. The summed E-state index contributed by atoms with van der Waals surface area (Å²) in [5, 5.41) is 22.4. The number of hydrogen-bond donors (Lipinski definition) is 3. The quantitative estimate of drug-likeness (QED) is 0.276. The van der Waals surface area contributed by atoms with Crippen LogP contribution in [0.3, 0.4) is 0 Å². The Hall–Kier alpha value is -4.25. The van der Waals surface area contributed by atoms with Crippen molar-refractivity contribution in [3.63, 3.8) is 0 Å². The summed E-state index contributed by atoms with van der Waals surface area (Å²) in [4.78, 5) is 42.3. The third kappa shape index (κ3) is 10.1. The minimum atomic E-state index is -0.959. The van der Waals surface area contributed by atoms with Crippen molar-refractivity contribution in [3.05, 3.63) is 95.1 Å². The fourth-order valence-electron chi connectivity index (χ4n) is 5.69. The molecule has 4 rings (SSSR count). The third-order valence-electron chi connectivity index (χ3n) is 8.49. The van der Waals surface area contributed by atoms with Crippen LogP contribution < -0.4 is 10.1 Å². The maximum Gasteiger partial charge on any atom is 0.335 e. The van der Waals surface area contributed by atoms with E-state index in [0.29, 0.717) is 48.8 Å². The Morgan fingerprint density at radius 1 is 1.02 bits per heavy atom. The van der Waals surface area contributed by atoms with Crippen LogP contribution in [-0.2, 0) is 11.3 Å². The lowest BCUT2D eigenvalue weighted by atomic mass is 10.0. The third-order valence-corrected chi connectivity index (χ3v) is 8.49. The number of carbonyl (C=O) groups is 3. The Bertz CT molecular complexity index is 1480. The molecule has 1 heterocycles. The van der Waals surface area contributed by atoms with Gasteiger partial charge in [0.15, 0.2) is 0 Å². The van der Waals surface area contributed by atoms with Gasteiger partial charge in [0.05, 0.1) is 36.0 Å². The van der Waals surface area contributed by atoms with E-state index in [9.17, 15) is 24.6 Å². The first-order chi connectivity index (χ1) is 22.5. The number of hydrogen-bond acceptors (Lipinski definition) is 7. The van der Waals surface area contributed by atoms with Gasteiger partial charge >= 0.3 is 5.97 Å². The fraction of sp³-hybridized carbons (Fsp3) is 0.432. The average Bonchev–Trinajstić information content (AvgIpc) is 3.06. The number of nitrogens with one attached hydrogen (secondary N) is 1. The summed E-state index contributed by atoms with van der Waals surface area (Å²) in [6.45, 7) is 7.67. The molecule has 3 aromatic carbocycles. The van der Waals surface area contributed by atoms with Gasteiger partial charge in [-0.1, -0.05) is 37.3 Å². The van der Waals surface area contributed by atoms with Gasteiger partial charge in [-0.25, -0.2) is 4.79 Å². The van der Waals surface area contributed by atoms with Crippen molar-refractivity contribution in [1.82, 2.24) is 9.80 Å². The first-order valence-corrected chi connectivity index (χ1v) is 16.3.